The normalized spacial score (nSPS) is 19.0. The average molecular weight is 526 g/mol. The fraction of sp³-hybridized carbons (Fsp3) is 0.862. The first-order valence-electron chi connectivity index (χ1n) is 13.4. The third kappa shape index (κ3) is 8.99. The number of rotatable bonds is 12. The SMILES string of the molecule is CCC(C)(CC(C)(CC(C)(C)C(=O)OC(C)N1CCCC1=O)C(=O)OC)C(=O)OC(C)(C)CC(C)(C)C. The van der Waals surface area contributed by atoms with Crippen molar-refractivity contribution in [3.8, 4) is 0 Å². The van der Waals surface area contributed by atoms with Gasteiger partial charge in [-0.2, -0.15) is 0 Å². The Labute approximate surface area is 224 Å². The Morgan fingerprint density at radius 3 is 1.86 bits per heavy atom. The second kappa shape index (κ2) is 11.7. The van der Waals surface area contributed by atoms with Gasteiger partial charge in [0.1, 0.15) is 5.60 Å². The summed E-state index contributed by atoms with van der Waals surface area (Å²) in [6.45, 7) is 21.2. The van der Waals surface area contributed by atoms with Crippen molar-refractivity contribution in [2.24, 2.45) is 21.7 Å². The minimum atomic E-state index is -1.16. The molecule has 8 heteroatoms. The van der Waals surface area contributed by atoms with Gasteiger partial charge in [-0.1, -0.05) is 27.7 Å². The lowest BCUT2D eigenvalue weighted by atomic mass is 9.65. The summed E-state index contributed by atoms with van der Waals surface area (Å²) in [6.07, 6.45) is 1.86. The van der Waals surface area contributed by atoms with Crippen LogP contribution in [0.25, 0.3) is 0 Å². The van der Waals surface area contributed by atoms with Gasteiger partial charge in [0.25, 0.3) is 0 Å². The summed E-state index contributed by atoms with van der Waals surface area (Å²) in [5.74, 6) is -1.43. The number of esters is 3. The van der Waals surface area contributed by atoms with E-state index in [4.69, 9.17) is 14.2 Å². The monoisotopic (exact) mass is 525 g/mol. The number of methoxy groups -OCH3 is 1. The van der Waals surface area contributed by atoms with Gasteiger partial charge in [-0.05, 0) is 86.0 Å². The first-order valence-corrected chi connectivity index (χ1v) is 13.4. The molecule has 0 spiro atoms. The first kappa shape index (κ1) is 32.9. The third-order valence-electron chi connectivity index (χ3n) is 7.27. The van der Waals surface area contributed by atoms with Crippen molar-refractivity contribution in [2.75, 3.05) is 13.7 Å². The standard InChI is InChI=1S/C29H51NO7/c1-13-28(10,24(34)37-27(8,9)17-25(3,4)5)19-29(11,23(33)35-12)18-26(6,7)22(32)36-20(2)30-16-14-15-21(30)31/h20H,13-19H2,1-12H3. The smallest absolute Gasteiger partial charge is 0.313 e. The number of carbonyl (C=O) groups excluding carboxylic acids is 4. The summed E-state index contributed by atoms with van der Waals surface area (Å²) in [4.78, 5) is 53.5. The zero-order chi connectivity index (χ0) is 29.0. The Kier molecular flexibility index (Phi) is 10.4. The van der Waals surface area contributed by atoms with Crippen LogP contribution in [0.2, 0.25) is 0 Å². The Morgan fingerprint density at radius 2 is 1.43 bits per heavy atom. The maximum Gasteiger partial charge on any atom is 0.313 e. The summed E-state index contributed by atoms with van der Waals surface area (Å²) < 4.78 is 16.8. The van der Waals surface area contributed by atoms with Crippen LogP contribution in [-0.2, 0) is 33.4 Å². The van der Waals surface area contributed by atoms with Crippen LogP contribution in [0.5, 0.6) is 0 Å². The molecule has 1 amide bonds. The maximum absolute atomic E-state index is 13.5. The van der Waals surface area contributed by atoms with Crippen LogP contribution in [0.3, 0.4) is 0 Å². The van der Waals surface area contributed by atoms with Crippen LogP contribution in [0.4, 0.5) is 0 Å². The van der Waals surface area contributed by atoms with E-state index in [1.807, 2.05) is 20.8 Å². The van der Waals surface area contributed by atoms with Crippen molar-refractivity contribution >= 4 is 23.8 Å². The van der Waals surface area contributed by atoms with Gasteiger partial charge >= 0.3 is 17.9 Å². The molecule has 1 heterocycles. The van der Waals surface area contributed by atoms with Gasteiger partial charge in [-0.15, -0.1) is 0 Å². The quantitative estimate of drug-likeness (QED) is 0.239. The molecule has 8 nitrogen and oxygen atoms in total. The molecule has 1 aliphatic rings. The summed E-state index contributed by atoms with van der Waals surface area (Å²) >= 11 is 0. The van der Waals surface area contributed by atoms with Crippen LogP contribution in [0.1, 0.15) is 115 Å². The molecule has 37 heavy (non-hydrogen) atoms. The number of ether oxygens (including phenoxy) is 3. The minimum Gasteiger partial charge on any atom is -0.469 e. The summed E-state index contributed by atoms with van der Waals surface area (Å²) in [7, 11) is 1.31. The van der Waals surface area contributed by atoms with Crippen molar-refractivity contribution in [2.45, 2.75) is 127 Å². The van der Waals surface area contributed by atoms with Crippen LogP contribution in [0, 0.1) is 21.7 Å². The highest BCUT2D eigenvalue weighted by molar-refractivity contribution is 5.83. The molecule has 1 rings (SSSR count). The molecule has 3 unspecified atom stereocenters. The Morgan fingerprint density at radius 1 is 0.865 bits per heavy atom. The molecule has 0 aromatic carbocycles. The highest BCUT2D eigenvalue weighted by Gasteiger charge is 2.50. The molecule has 1 aliphatic heterocycles. The van der Waals surface area contributed by atoms with E-state index in [1.165, 1.54) is 7.11 Å². The molecule has 214 valence electrons. The highest BCUT2D eigenvalue weighted by Crippen LogP contribution is 2.46. The van der Waals surface area contributed by atoms with Gasteiger partial charge < -0.3 is 19.1 Å². The third-order valence-corrected chi connectivity index (χ3v) is 7.27. The maximum atomic E-state index is 13.5. The van der Waals surface area contributed by atoms with E-state index >= 15 is 0 Å². The van der Waals surface area contributed by atoms with Crippen LogP contribution in [0.15, 0.2) is 0 Å². The molecular formula is C29H51NO7. The van der Waals surface area contributed by atoms with Gasteiger partial charge in [0.15, 0.2) is 6.23 Å². The molecule has 0 saturated carbocycles. The Balaban J connectivity index is 3.15. The van der Waals surface area contributed by atoms with E-state index in [-0.39, 0.29) is 30.1 Å². The van der Waals surface area contributed by atoms with Gasteiger partial charge in [0.2, 0.25) is 5.91 Å². The fourth-order valence-electron chi connectivity index (χ4n) is 5.82. The van der Waals surface area contributed by atoms with Gasteiger partial charge in [-0.3, -0.25) is 19.2 Å². The molecular weight excluding hydrogens is 474 g/mol. The Bertz CT molecular complexity index is 857. The van der Waals surface area contributed by atoms with E-state index in [9.17, 15) is 19.2 Å². The molecule has 0 radical (unpaired) electrons. The molecule has 0 bridgehead atoms. The van der Waals surface area contributed by atoms with Crippen molar-refractivity contribution in [3.63, 3.8) is 0 Å². The van der Waals surface area contributed by atoms with E-state index in [0.29, 0.717) is 25.8 Å². The molecule has 1 saturated heterocycles. The van der Waals surface area contributed by atoms with Crippen LogP contribution >= 0.6 is 0 Å². The number of hydrogen-bond acceptors (Lipinski definition) is 7. The van der Waals surface area contributed by atoms with Crippen LogP contribution < -0.4 is 0 Å². The van der Waals surface area contributed by atoms with Crippen molar-refractivity contribution in [1.29, 1.82) is 0 Å². The lowest BCUT2D eigenvalue weighted by Gasteiger charge is -2.41. The molecule has 0 N–H and O–H groups in total. The minimum absolute atomic E-state index is 0.0336. The number of nitrogens with zero attached hydrogens (tertiary/aromatic N) is 1. The lowest BCUT2D eigenvalue weighted by molar-refractivity contribution is -0.178. The predicted molar refractivity (Wildman–Crippen MR) is 142 cm³/mol. The van der Waals surface area contributed by atoms with Gasteiger partial charge in [-0.25, -0.2) is 0 Å². The van der Waals surface area contributed by atoms with Crippen molar-refractivity contribution in [1.82, 2.24) is 4.90 Å². The second-order valence-corrected chi connectivity index (χ2v) is 13.8. The second-order valence-electron chi connectivity index (χ2n) is 13.8. The van der Waals surface area contributed by atoms with Gasteiger partial charge in [0.05, 0.1) is 23.4 Å². The summed E-state index contributed by atoms with van der Waals surface area (Å²) in [5.41, 5.74) is -3.94. The highest BCUT2D eigenvalue weighted by atomic mass is 16.6. The number of likely N-dealkylation sites (tertiary alicyclic amines) is 1. The predicted octanol–water partition coefficient (Wildman–Crippen LogP) is 5.66. The molecule has 0 aromatic heterocycles. The number of hydrogen-bond donors (Lipinski definition) is 0. The number of amides is 1. The first-order chi connectivity index (χ1) is 16.6. The van der Waals surface area contributed by atoms with Crippen LogP contribution in [-0.4, -0.2) is 54.2 Å². The molecule has 1 fully saturated rings. The zero-order valence-electron chi connectivity index (χ0n) is 25.3. The average Bonchev–Trinajstić information content (AvgIpc) is 3.16. The topological polar surface area (TPSA) is 99.2 Å². The Hall–Kier alpha value is -2.12. The zero-order valence-corrected chi connectivity index (χ0v) is 25.3. The summed E-state index contributed by atoms with van der Waals surface area (Å²) in [5, 5.41) is 0. The molecule has 3 atom stereocenters. The lowest BCUT2D eigenvalue weighted by Crippen LogP contribution is -2.46. The van der Waals surface area contributed by atoms with E-state index in [1.54, 1.807) is 39.5 Å². The van der Waals surface area contributed by atoms with E-state index in [0.717, 1.165) is 6.42 Å². The molecule has 0 aromatic rings. The molecule has 0 aliphatic carbocycles. The van der Waals surface area contributed by atoms with Gasteiger partial charge in [0, 0.05) is 13.0 Å². The van der Waals surface area contributed by atoms with E-state index in [2.05, 4.69) is 20.8 Å². The van der Waals surface area contributed by atoms with E-state index < -0.39 is 40.0 Å². The fourth-order valence-corrected chi connectivity index (χ4v) is 5.82. The van der Waals surface area contributed by atoms with Crippen molar-refractivity contribution in [3.05, 3.63) is 0 Å². The largest absolute Gasteiger partial charge is 0.469 e. The van der Waals surface area contributed by atoms with Crippen molar-refractivity contribution < 1.29 is 33.4 Å². The summed E-state index contributed by atoms with van der Waals surface area (Å²) in [6, 6.07) is 0. The number of carbonyl (C=O) groups is 4.